The summed E-state index contributed by atoms with van der Waals surface area (Å²) in [4.78, 5) is 13.9. The molecule has 5 nitrogen and oxygen atoms in total. The third-order valence-electron chi connectivity index (χ3n) is 3.77. The Labute approximate surface area is 174 Å². The number of thioether (sulfide) groups is 1. The lowest BCUT2D eigenvalue weighted by Crippen LogP contribution is -2.47. The number of carbonyl (C=O) groups is 1. The third kappa shape index (κ3) is 5.78. The minimum atomic E-state index is -3.76. The fraction of sp³-hybridized carbons (Fsp3) is 0.278. The Kier molecular flexibility index (Phi) is 7.45. The highest BCUT2D eigenvalue weighted by Gasteiger charge is 2.32. The maximum absolute atomic E-state index is 12.9. The number of carbonyl (C=O) groups excluding carboxylic acids is 1. The molecule has 0 aromatic heterocycles. The number of amides is 1. The van der Waals surface area contributed by atoms with E-state index in [-0.39, 0.29) is 22.2 Å². The largest absolute Gasteiger partial charge is 0.324 e. The van der Waals surface area contributed by atoms with Crippen molar-refractivity contribution >= 4 is 62.3 Å². The Morgan fingerprint density at radius 1 is 1.19 bits per heavy atom. The van der Waals surface area contributed by atoms with Gasteiger partial charge in [-0.25, -0.2) is 8.42 Å². The maximum atomic E-state index is 12.9. The average Bonchev–Trinajstić information content (AvgIpc) is 2.57. The van der Waals surface area contributed by atoms with Crippen LogP contribution in [-0.2, 0) is 14.8 Å². The van der Waals surface area contributed by atoms with Gasteiger partial charge in [-0.3, -0.25) is 9.10 Å². The van der Waals surface area contributed by atoms with E-state index in [9.17, 15) is 13.2 Å². The van der Waals surface area contributed by atoms with Gasteiger partial charge in [-0.05, 0) is 49.1 Å². The van der Waals surface area contributed by atoms with Crippen molar-refractivity contribution in [3.8, 4) is 0 Å². The van der Waals surface area contributed by atoms with E-state index in [0.29, 0.717) is 5.69 Å². The first-order valence-electron chi connectivity index (χ1n) is 8.06. The summed E-state index contributed by atoms with van der Waals surface area (Å²) in [5, 5.41) is 3.37. The van der Waals surface area contributed by atoms with Crippen LogP contribution >= 0.6 is 35.0 Å². The van der Waals surface area contributed by atoms with E-state index in [4.69, 9.17) is 23.2 Å². The lowest BCUT2D eigenvalue weighted by atomic mass is 10.2. The summed E-state index contributed by atoms with van der Waals surface area (Å²) in [6, 6.07) is 10.8. The van der Waals surface area contributed by atoms with Crippen molar-refractivity contribution in [3.05, 3.63) is 52.5 Å². The van der Waals surface area contributed by atoms with Gasteiger partial charge >= 0.3 is 0 Å². The van der Waals surface area contributed by atoms with Crippen molar-refractivity contribution in [1.82, 2.24) is 0 Å². The van der Waals surface area contributed by atoms with Gasteiger partial charge in [0.2, 0.25) is 15.9 Å². The van der Waals surface area contributed by atoms with Gasteiger partial charge in [-0.1, -0.05) is 36.2 Å². The van der Waals surface area contributed by atoms with Gasteiger partial charge in [0.15, 0.2) is 0 Å². The van der Waals surface area contributed by atoms with Crippen LogP contribution in [0, 0.1) is 0 Å². The molecule has 1 N–H and O–H groups in total. The normalized spacial score (nSPS) is 12.5. The number of hydrogen-bond donors (Lipinski definition) is 1. The molecule has 0 spiro atoms. The quantitative estimate of drug-likeness (QED) is 0.614. The van der Waals surface area contributed by atoms with Crippen molar-refractivity contribution < 1.29 is 13.2 Å². The van der Waals surface area contributed by atoms with Crippen molar-refractivity contribution in [1.29, 1.82) is 0 Å². The summed E-state index contributed by atoms with van der Waals surface area (Å²) in [5.74, 6) is -0.433. The summed E-state index contributed by atoms with van der Waals surface area (Å²) in [7, 11) is -3.76. The molecule has 0 aliphatic carbocycles. The summed E-state index contributed by atoms with van der Waals surface area (Å²) < 4.78 is 26.0. The second-order valence-electron chi connectivity index (χ2n) is 5.83. The molecule has 0 saturated heterocycles. The van der Waals surface area contributed by atoms with E-state index in [1.165, 1.54) is 18.2 Å². The molecule has 2 rings (SSSR count). The summed E-state index contributed by atoms with van der Waals surface area (Å²) in [6.45, 7) is 1.74. The second kappa shape index (κ2) is 9.19. The van der Waals surface area contributed by atoms with Gasteiger partial charge in [0, 0.05) is 20.6 Å². The number of benzene rings is 2. The molecule has 0 fully saturated rings. The standard InChI is InChI=1S/C18H20Cl2N2O3S2/c1-4-17(18(23)21-14-6-5-7-16(11-14)26-2)22(27(3,24)25)15-9-12(19)8-13(20)10-15/h5-11,17H,4H2,1-3H3,(H,21,23). The molecule has 0 saturated carbocycles. The Morgan fingerprint density at radius 3 is 2.33 bits per heavy atom. The van der Waals surface area contributed by atoms with Crippen molar-refractivity contribution in [2.45, 2.75) is 24.3 Å². The second-order valence-corrected chi connectivity index (χ2v) is 9.44. The first kappa shape index (κ1) is 21.9. The van der Waals surface area contributed by atoms with E-state index < -0.39 is 22.0 Å². The van der Waals surface area contributed by atoms with Crippen LogP contribution in [0.25, 0.3) is 0 Å². The van der Waals surface area contributed by atoms with Crippen molar-refractivity contribution in [2.75, 3.05) is 22.1 Å². The highest BCUT2D eigenvalue weighted by atomic mass is 35.5. The fourth-order valence-electron chi connectivity index (χ4n) is 2.65. The van der Waals surface area contributed by atoms with Gasteiger partial charge in [0.05, 0.1) is 11.9 Å². The average molecular weight is 447 g/mol. The Morgan fingerprint density at radius 2 is 1.81 bits per heavy atom. The number of nitrogens with zero attached hydrogens (tertiary/aromatic N) is 1. The summed E-state index contributed by atoms with van der Waals surface area (Å²) in [5.41, 5.74) is 0.845. The van der Waals surface area contributed by atoms with E-state index in [2.05, 4.69) is 5.32 Å². The molecule has 146 valence electrons. The maximum Gasteiger partial charge on any atom is 0.248 e. The van der Waals surface area contributed by atoms with Crippen LogP contribution in [0.3, 0.4) is 0 Å². The molecule has 0 bridgehead atoms. The minimum Gasteiger partial charge on any atom is -0.324 e. The topological polar surface area (TPSA) is 66.5 Å². The number of halogens is 2. The van der Waals surface area contributed by atoms with Crippen LogP contribution in [0.15, 0.2) is 47.4 Å². The van der Waals surface area contributed by atoms with Crippen LogP contribution in [-0.4, -0.2) is 32.9 Å². The fourth-order valence-corrected chi connectivity index (χ4v) is 4.82. The van der Waals surface area contributed by atoms with Gasteiger partial charge in [0.25, 0.3) is 0 Å². The first-order chi connectivity index (χ1) is 12.7. The van der Waals surface area contributed by atoms with E-state index in [1.807, 2.05) is 24.5 Å². The number of anilines is 2. The lowest BCUT2D eigenvalue weighted by Gasteiger charge is -2.30. The summed E-state index contributed by atoms with van der Waals surface area (Å²) >= 11 is 13.6. The number of sulfonamides is 1. The highest BCUT2D eigenvalue weighted by molar-refractivity contribution is 7.98. The number of hydrogen-bond acceptors (Lipinski definition) is 4. The SMILES string of the molecule is CCC(C(=O)Nc1cccc(SC)c1)N(c1cc(Cl)cc(Cl)c1)S(C)(=O)=O. The smallest absolute Gasteiger partial charge is 0.248 e. The molecule has 0 aliphatic heterocycles. The van der Waals surface area contributed by atoms with Crippen LogP contribution in [0.5, 0.6) is 0 Å². The van der Waals surface area contributed by atoms with Gasteiger partial charge < -0.3 is 5.32 Å². The summed E-state index contributed by atoms with van der Waals surface area (Å²) in [6.07, 6.45) is 3.25. The molecular weight excluding hydrogens is 427 g/mol. The van der Waals surface area contributed by atoms with Gasteiger partial charge in [0.1, 0.15) is 6.04 Å². The van der Waals surface area contributed by atoms with Crippen LogP contribution in [0.1, 0.15) is 13.3 Å². The third-order valence-corrected chi connectivity index (χ3v) is 6.11. The molecule has 27 heavy (non-hydrogen) atoms. The Hall–Kier alpha value is -1.41. The molecule has 9 heteroatoms. The first-order valence-corrected chi connectivity index (χ1v) is 11.9. The highest BCUT2D eigenvalue weighted by Crippen LogP contribution is 2.30. The van der Waals surface area contributed by atoms with Gasteiger partial charge in [-0.2, -0.15) is 0 Å². The van der Waals surface area contributed by atoms with E-state index >= 15 is 0 Å². The van der Waals surface area contributed by atoms with E-state index in [1.54, 1.807) is 24.8 Å². The van der Waals surface area contributed by atoms with Crippen molar-refractivity contribution in [3.63, 3.8) is 0 Å². The van der Waals surface area contributed by atoms with Crippen molar-refractivity contribution in [2.24, 2.45) is 0 Å². The van der Waals surface area contributed by atoms with E-state index in [0.717, 1.165) is 15.5 Å². The monoisotopic (exact) mass is 446 g/mol. The molecule has 1 unspecified atom stereocenters. The molecule has 0 radical (unpaired) electrons. The molecule has 0 aliphatic rings. The molecule has 2 aromatic carbocycles. The lowest BCUT2D eigenvalue weighted by molar-refractivity contribution is -0.117. The molecule has 1 atom stereocenters. The zero-order valence-electron chi connectivity index (χ0n) is 15.1. The molecule has 1 amide bonds. The Bertz CT molecular complexity index is 916. The Balaban J connectivity index is 2.41. The molecular formula is C18H20Cl2N2O3S2. The zero-order valence-corrected chi connectivity index (χ0v) is 18.2. The number of nitrogens with one attached hydrogen (secondary N) is 1. The van der Waals surface area contributed by atoms with Gasteiger partial charge in [-0.15, -0.1) is 11.8 Å². The predicted octanol–water partition coefficient (Wildman–Crippen LogP) is 4.90. The zero-order chi connectivity index (χ0) is 20.2. The number of rotatable bonds is 7. The van der Waals surface area contributed by atoms with Crippen LogP contribution in [0.4, 0.5) is 11.4 Å². The molecule has 2 aromatic rings. The van der Waals surface area contributed by atoms with Crippen LogP contribution < -0.4 is 9.62 Å². The minimum absolute atomic E-state index is 0.245. The molecule has 0 heterocycles. The van der Waals surface area contributed by atoms with Crippen LogP contribution in [0.2, 0.25) is 10.0 Å². The predicted molar refractivity (Wildman–Crippen MR) is 115 cm³/mol.